The number of benzene rings is 3. The fraction of sp³-hybridized carbons (Fsp3) is 0.0526. The first-order valence-electron chi connectivity index (χ1n) is 7.64. The molecule has 0 bridgehead atoms. The van der Waals surface area contributed by atoms with Crippen molar-refractivity contribution in [3.8, 4) is 5.75 Å². The van der Waals surface area contributed by atoms with Gasteiger partial charge in [0.1, 0.15) is 12.4 Å². The van der Waals surface area contributed by atoms with Gasteiger partial charge in [0.05, 0.1) is 6.21 Å². The van der Waals surface area contributed by atoms with E-state index in [9.17, 15) is 0 Å². The van der Waals surface area contributed by atoms with Gasteiger partial charge < -0.3 is 16.2 Å². The van der Waals surface area contributed by atoms with Crippen LogP contribution in [0.5, 0.6) is 5.75 Å². The Morgan fingerprint density at radius 3 is 2.68 bits per heavy atom. The van der Waals surface area contributed by atoms with Gasteiger partial charge >= 0.3 is 0 Å². The van der Waals surface area contributed by atoms with Crippen LogP contribution in [-0.4, -0.2) is 12.2 Å². The Kier molecular flexibility index (Phi) is 5.30. The van der Waals surface area contributed by atoms with E-state index < -0.39 is 0 Å². The van der Waals surface area contributed by atoms with Crippen LogP contribution in [0.2, 0.25) is 0 Å². The zero-order chi connectivity index (χ0) is 17.6. The van der Waals surface area contributed by atoms with Crippen molar-refractivity contribution in [3.05, 3.63) is 76.3 Å². The number of fused-ring (bicyclic) bond motifs is 1. The lowest BCUT2D eigenvalue weighted by Crippen LogP contribution is -2.21. The molecule has 0 radical (unpaired) electrons. The fourth-order valence-corrected chi connectivity index (χ4v) is 2.86. The molecular formula is C19H17BrN4O. The van der Waals surface area contributed by atoms with Gasteiger partial charge in [-0.15, -0.1) is 5.10 Å². The lowest BCUT2D eigenvalue weighted by Gasteiger charge is -2.11. The normalized spacial score (nSPS) is 10.9. The van der Waals surface area contributed by atoms with Crippen LogP contribution < -0.4 is 16.2 Å². The Labute approximate surface area is 154 Å². The molecule has 0 heterocycles. The molecule has 0 fully saturated rings. The molecule has 0 aliphatic carbocycles. The second-order valence-corrected chi connectivity index (χ2v) is 6.29. The number of rotatable bonds is 5. The highest BCUT2D eigenvalue weighted by Crippen LogP contribution is 2.25. The molecule has 0 spiro atoms. The second-order valence-electron chi connectivity index (χ2n) is 5.38. The molecule has 4 N–H and O–H groups in total. The lowest BCUT2D eigenvalue weighted by atomic mass is 10.1. The third-order valence-corrected chi connectivity index (χ3v) is 4.10. The van der Waals surface area contributed by atoms with E-state index in [1.165, 1.54) is 10.8 Å². The maximum atomic E-state index is 6.02. The predicted molar refractivity (Wildman–Crippen MR) is 106 cm³/mol. The van der Waals surface area contributed by atoms with Gasteiger partial charge in [-0.25, -0.2) is 0 Å². The summed E-state index contributed by atoms with van der Waals surface area (Å²) in [5.41, 5.74) is 12.5. The summed E-state index contributed by atoms with van der Waals surface area (Å²) < 4.78 is 6.93. The summed E-state index contributed by atoms with van der Waals surface area (Å²) in [4.78, 5) is 0. The second kappa shape index (κ2) is 7.81. The molecule has 0 atom stereocenters. The lowest BCUT2D eigenvalue weighted by molar-refractivity contribution is 0.307. The van der Waals surface area contributed by atoms with Crippen LogP contribution in [0.4, 0.5) is 0 Å². The molecule has 6 heteroatoms. The maximum absolute atomic E-state index is 6.02. The fourth-order valence-electron chi connectivity index (χ4n) is 2.48. The molecule has 0 aliphatic heterocycles. The molecule has 0 aromatic heterocycles. The highest BCUT2D eigenvalue weighted by Gasteiger charge is 2.06. The summed E-state index contributed by atoms with van der Waals surface area (Å²) in [6, 6.07) is 20.1. The molecule has 25 heavy (non-hydrogen) atoms. The van der Waals surface area contributed by atoms with Crippen LogP contribution in [0.25, 0.3) is 10.8 Å². The van der Waals surface area contributed by atoms with Crippen molar-refractivity contribution in [1.29, 1.82) is 0 Å². The molecule has 0 aliphatic rings. The Morgan fingerprint density at radius 2 is 1.84 bits per heavy atom. The summed E-state index contributed by atoms with van der Waals surface area (Å²) in [7, 11) is 0. The van der Waals surface area contributed by atoms with E-state index in [4.69, 9.17) is 16.2 Å². The molecule has 0 saturated carbocycles. The number of guanidine groups is 1. The largest absolute Gasteiger partial charge is 0.488 e. The quantitative estimate of drug-likeness (QED) is 0.390. The van der Waals surface area contributed by atoms with Crippen LogP contribution in [0.15, 0.2) is 75.3 Å². The van der Waals surface area contributed by atoms with Crippen molar-refractivity contribution in [2.24, 2.45) is 21.7 Å². The van der Waals surface area contributed by atoms with Gasteiger partial charge in [0, 0.05) is 10.0 Å². The Hall–Kier alpha value is -2.86. The summed E-state index contributed by atoms with van der Waals surface area (Å²) in [6.07, 6.45) is 1.56. The number of ether oxygens (including phenoxy) is 1. The minimum atomic E-state index is -0.0931. The van der Waals surface area contributed by atoms with Crippen LogP contribution in [0.1, 0.15) is 11.1 Å². The molecule has 3 aromatic carbocycles. The van der Waals surface area contributed by atoms with E-state index in [2.05, 4.69) is 50.4 Å². The van der Waals surface area contributed by atoms with Crippen molar-refractivity contribution < 1.29 is 4.74 Å². The number of hydrogen-bond donors (Lipinski definition) is 2. The highest BCUT2D eigenvalue weighted by molar-refractivity contribution is 9.10. The van der Waals surface area contributed by atoms with Gasteiger partial charge in [-0.3, -0.25) is 0 Å². The Balaban J connectivity index is 1.85. The first-order valence-corrected chi connectivity index (χ1v) is 8.44. The van der Waals surface area contributed by atoms with Crippen molar-refractivity contribution in [2.75, 3.05) is 0 Å². The summed E-state index contributed by atoms with van der Waals surface area (Å²) in [5.74, 6) is 0.607. The van der Waals surface area contributed by atoms with E-state index in [0.717, 1.165) is 15.6 Å². The molecule has 0 unspecified atom stereocenters. The molecule has 5 nitrogen and oxygen atoms in total. The summed E-state index contributed by atoms with van der Waals surface area (Å²) in [6.45, 7) is 0.451. The third kappa shape index (κ3) is 4.36. The predicted octanol–water partition coefficient (Wildman–Crippen LogP) is 3.79. The van der Waals surface area contributed by atoms with E-state index in [0.29, 0.717) is 12.4 Å². The number of nitrogens with two attached hydrogens (primary N) is 2. The Bertz CT molecular complexity index is 944. The third-order valence-electron chi connectivity index (χ3n) is 3.60. The van der Waals surface area contributed by atoms with Gasteiger partial charge in [0.15, 0.2) is 0 Å². The van der Waals surface area contributed by atoms with Crippen LogP contribution >= 0.6 is 15.9 Å². The molecule has 126 valence electrons. The van der Waals surface area contributed by atoms with Gasteiger partial charge in [-0.1, -0.05) is 58.4 Å². The standard InChI is InChI=1S/C19H17BrN4O/c20-16-8-9-18(15(10-16)11-23-24-19(21)22)25-12-14-6-3-5-13-4-1-2-7-17(13)14/h1-11H,12H2,(H4,21,22,24)/b23-11+. The minimum Gasteiger partial charge on any atom is -0.488 e. The van der Waals surface area contributed by atoms with Crippen molar-refractivity contribution in [2.45, 2.75) is 6.61 Å². The van der Waals surface area contributed by atoms with E-state index >= 15 is 0 Å². The number of hydrogen-bond acceptors (Lipinski definition) is 3. The minimum absolute atomic E-state index is 0.0931. The highest BCUT2D eigenvalue weighted by atomic mass is 79.9. The van der Waals surface area contributed by atoms with Gasteiger partial charge in [0.2, 0.25) is 5.96 Å². The van der Waals surface area contributed by atoms with E-state index in [1.54, 1.807) is 6.21 Å². The topological polar surface area (TPSA) is 86.0 Å². The van der Waals surface area contributed by atoms with Crippen LogP contribution in [-0.2, 0) is 6.61 Å². The summed E-state index contributed by atoms with van der Waals surface area (Å²) >= 11 is 3.44. The monoisotopic (exact) mass is 396 g/mol. The van der Waals surface area contributed by atoms with Crippen molar-refractivity contribution >= 4 is 38.9 Å². The van der Waals surface area contributed by atoms with Crippen molar-refractivity contribution in [3.63, 3.8) is 0 Å². The summed E-state index contributed by atoms with van der Waals surface area (Å²) in [5, 5.41) is 9.85. The number of nitrogens with zero attached hydrogens (tertiary/aromatic N) is 2. The molecule has 0 amide bonds. The number of halogens is 1. The average Bonchev–Trinajstić information content (AvgIpc) is 2.61. The van der Waals surface area contributed by atoms with Crippen LogP contribution in [0, 0.1) is 0 Å². The first kappa shape index (κ1) is 17.0. The average molecular weight is 397 g/mol. The SMILES string of the molecule is NC(N)=N/N=C/c1cc(Br)ccc1OCc1cccc2ccccc12. The van der Waals surface area contributed by atoms with Gasteiger partial charge in [-0.2, -0.15) is 5.10 Å². The van der Waals surface area contributed by atoms with Crippen molar-refractivity contribution in [1.82, 2.24) is 0 Å². The smallest absolute Gasteiger partial charge is 0.211 e. The zero-order valence-corrected chi connectivity index (χ0v) is 15.0. The maximum Gasteiger partial charge on any atom is 0.211 e. The zero-order valence-electron chi connectivity index (χ0n) is 13.4. The molecule has 3 rings (SSSR count). The van der Waals surface area contributed by atoms with Gasteiger partial charge in [-0.05, 0) is 34.5 Å². The van der Waals surface area contributed by atoms with E-state index in [-0.39, 0.29) is 5.96 Å². The van der Waals surface area contributed by atoms with E-state index in [1.807, 2.05) is 36.4 Å². The molecule has 3 aromatic rings. The molecular weight excluding hydrogens is 380 g/mol. The van der Waals surface area contributed by atoms with Gasteiger partial charge in [0.25, 0.3) is 0 Å². The molecule has 0 saturated heterocycles. The first-order chi connectivity index (χ1) is 12.1. The Morgan fingerprint density at radius 1 is 1.04 bits per heavy atom. The van der Waals surface area contributed by atoms with Crippen LogP contribution in [0.3, 0.4) is 0 Å².